The zero-order valence-electron chi connectivity index (χ0n) is 19.1. The van der Waals surface area contributed by atoms with Crippen LogP contribution in [-0.4, -0.2) is 36.1 Å². The fraction of sp³-hybridized carbons (Fsp3) is 0.214. The number of ketones is 2. The molecule has 3 unspecified atom stereocenters. The zero-order chi connectivity index (χ0) is 24.5. The summed E-state index contributed by atoms with van der Waals surface area (Å²) in [6, 6.07) is 20.3. The second kappa shape index (κ2) is 7.45. The number of imide groups is 1. The van der Waals surface area contributed by atoms with Crippen LogP contribution in [0.3, 0.4) is 0 Å². The van der Waals surface area contributed by atoms with Gasteiger partial charge >= 0.3 is 0 Å². The highest BCUT2D eigenvalue weighted by Crippen LogP contribution is 2.57. The van der Waals surface area contributed by atoms with Crippen molar-refractivity contribution in [1.82, 2.24) is 0 Å². The van der Waals surface area contributed by atoms with Crippen LogP contribution in [0.15, 0.2) is 72.8 Å². The second-order valence-corrected chi connectivity index (χ2v) is 9.10. The highest BCUT2D eigenvalue weighted by atomic mass is 16.5. The number of rotatable bonds is 3. The van der Waals surface area contributed by atoms with Crippen LogP contribution in [0.25, 0.3) is 0 Å². The van der Waals surface area contributed by atoms with Crippen LogP contribution in [0, 0.1) is 18.8 Å². The van der Waals surface area contributed by atoms with Gasteiger partial charge in [0.15, 0.2) is 0 Å². The molecule has 2 amide bonds. The highest BCUT2D eigenvalue weighted by Gasteiger charge is 2.74. The molecule has 7 nitrogen and oxygen atoms in total. The number of ether oxygens (including phenoxy) is 2. The summed E-state index contributed by atoms with van der Waals surface area (Å²) in [5.74, 6) is -3.97. The van der Waals surface area contributed by atoms with E-state index in [0.717, 1.165) is 10.5 Å². The molecule has 0 radical (unpaired) electrons. The fourth-order valence-electron chi connectivity index (χ4n) is 5.56. The van der Waals surface area contributed by atoms with Crippen molar-refractivity contribution in [2.45, 2.75) is 18.6 Å². The molecular weight excluding hydrogens is 446 g/mol. The van der Waals surface area contributed by atoms with Gasteiger partial charge in [-0.15, -0.1) is 0 Å². The van der Waals surface area contributed by atoms with Crippen LogP contribution in [0.4, 0.5) is 5.69 Å². The third kappa shape index (κ3) is 2.76. The molecule has 174 valence electrons. The number of amides is 2. The Kier molecular flexibility index (Phi) is 4.56. The average molecular weight is 467 g/mol. The van der Waals surface area contributed by atoms with Gasteiger partial charge in [0.1, 0.15) is 5.75 Å². The van der Waals surface area contributed by atoms with Crippen molar-refractivity contribution in [2.24, 2.45) is 11.8 Å². The quantitative estimate of drug-likeness (QED) is 0.431. The molecule has 6 rings (SSSR count). The Balaban J connectivity index is 1.52. The van der Waals surface area contributed by atoms with Crippen molar-refractivity contribution in [1.29, 1.82) is 0 Å². The van der Waals surface area contributed by atoms with Gasteiger partial charge in [-0.25, -0.2) is 4.90 Å². The number of anilines is 1. The lowest BCUT2D eigenvalue weighted by Gasteiger charge is -2.27. The molecule has 0 aromatic heterocycles. The summed E-state index contributed by atoms with van der Waals surface area (Å²) in [5.41, 5.74) is 0.345. The van der Waals surface area contributed by atoms with Crippen LogP contribution < -0.4 is 9.64 Å². The number of aryl methyl sites for hydroxylation is 1. The molecule has 0 bridgehead atoms. The largest absolute Gasteiger partial charge is 0.497 e. The summed E-state index contributed by atoms with van der Waals surface area (Å²) in [6.07, 6.45) is -0.928. The van der Waals surface area contributed by atoms with Crippen molar-refractivity contribution in [3.05, 3.63) is 95.1 Å². The second-order valence-electron chi connectivity index (χ2n) is 9.10. The number of carbonyl (C=O) groups excluding carboxylic acids is 4. The van der Waals surface area contributed by atoms with Gasteiger partial charge in [-0.2, -0.15) is 0 Å². The Bertz CT molecular complexity index is 1370. The molecule has 3 aromatic carbocycles. The van der Waals surface area contributed by atoms with Crippen LogP contribution in [-0.2, 0) is 14.3 Å². The van der Waals surface area contributed by atoms with E-state index in [4.69, 9.17) is 9.47 Å². The normalized spacial score (nSPS) is 24.3. The first-order valence-corrected chi connectivity index (χ1v) is 11.3. The molecule has 7 heteroatoms. The molecule has 1 spiro atoms. The number of nitrogens with zero attached hydrogens (tertiary/aromatic N) is 1. The van der Waals surface area contributed by atoms with E-state index in [9.17, 15) is 19.2 Å². The first-order valence-electron chi connectivity index (χ1n) is 11.3. The van der Waals surface area contributed by atoms with Gasteiger partial charge in [-0.3, -0.25) is 19.2 Å². The Morgan fingerprint density at radius 2 is 1.40 bits per heavy atom. The predicted molar refractivity (Wildman–Crippen MR) is 125 cm³/mol. The van der Waals surface area contributed by atoms with Crippen molar-refractivity contribution >= 4 is 29.1 Å². The Labute approximate surface area is 201 Å². The maximum absolute atomic E-state index is 13.9. The predicted octanol–water partition coefficient (Wildman–Crippen LogP) is 3.70. The summed E-state index contributed by atoms with van der Waals surface area (Å²) in [7, 11) is 1.52. The van der Waals surface area contributed by atoms with Gasteiger partial charge in [-0.1, -0.05) is 54.1 Å². The molecule has 0 saturated carbocycles. The summed E-state index contributed by atoms with van der Waals surface area (Å²) in [5, 5.41) is 0. The van der Waals surface area contributed by atoms with Gasteiger partial charge in [0.05, 0.1) is 30.7 Å². The number of carbonyl (C=O) groups is 4. The molecule has 1 aliphatic carbocycles. The maximum atomic E-state index is 13.9. The maximum Gasteiger partial charge on any atom is 0.241 e. The van der Waals surface area contributed by atoms with Gasteiger partial charge in [-0.05, 0) is 36.8 Å². The van der Waals surface area contributed by atoms with Gasteiger partial charge < -0.3 is 9.47 Å². The standard InChI is InChI=1S/C28H21NO6/c1-15-7-9-16(10-8-15)23-21-22(27(33)29(26(21)32)17-11-13-18(34-2)14-12-17)28(35-23)24(30)19-5-3-4-6-20(19)25(28)31/h3-14,21-23H,1-2H3. The van der Waals surface area contributed by atoms with E-state index >= 15 is 0 Å². The molecule has 2 heterocycles. The molecule has 3 atom stereocenters. The van der Waals surface area contributed by atoms with Crippen LogP contribution in [0.5, 0.6) is 5.75 Å². The van der Waals surface area contributed by atoms with Gasteiger partial charge in [0, 0.05) is 11.1 Å². The Morgan fingerprint density at radius 3 is 1.97 bits per heavy atom. The molecule has 2 fully saturated rings. The minimum Gasteiger partial charge on any atom is -0.497 e. The first-order chi connectivity index (χ1) is 16.9. The van der Waals surface area contributed by atoms with E-state index in [1.807, 2.05) is 19.1 Å². The number of methoxy groups -OCH3 is 1. The van der Waals surface area contributed by atoms with Crippen LogP contribution in [0.1, 0.15) is 37.9 Å². The van der Waals surface area contributed by atoms with Crippen molar-refractivity contribution in [2.75, 3.05) is 12.0 Å². The van der Waals surface area contributed by atoms with E-state index in [0.29, 0.717) is 17.0 Å². The lowest BCUT2D eigenvalue weighted by Crippen LogP contribution is -2.51. The molecule has 35 heavy (non-hydrogen) atoms. The zero-order valence-corrected chi connectivity index (χ0v) is 19.1. The third-order valence-electron chi connectivity index (χ3n) is 7.26. The summed E-state index contributed by atoms with van der Waals surface area (Å²) in [4.78, 5) is 56.2. The first kappa shape index (κ1) is 21.4. The number of Topliss-reactive ketones (excluding diaryl/α,β-unsaturated/α-hetero) is 2. The van der Waals surface area contributed by atoms with Crippen molar-refractivity contribution < 1.29 is 28.7 Å². The number of benzene rings is 3. The Morgan fingerprint density at radius 1 is 0.800 bits per heavy atom. The minimum atomic E-state index is -2.07. The van der Waals surface area contributed by atoms with E-state index in [1.54, 1.807) is 60.7 Å². The van der Waals surface area contributed by atoms with Crippen molar-refractivity contribution in [3.63, 3.8) is 0 Å². The third-order valence-corrected chi connectivity index (χ3v) is 7.26. The van der Waals surface area contributed by atoms with Crippen molar-refractivity contribution in [3.8, 4) is 5.75 Å². The lowest BCUT2D eigenvalue weighted by atomic mass is 9.77. The average Bonchev–Trinajstić information content (AvgIpc) is 3.44. The molecular formula is C28H21NO6. The summed E-state index contributed by atoms with van der Waals surface area (Å²) >= 11 is 0. The van der Waals surface area contributed by atoms with Crippen LogP contribution in [0.2, 0.25) is 0 Å². The number of hydrogen-bond donors (Lipinski definition) is 0. The van der Waals surface area contributed by atoms with Gasteiger partial charge in [0.2, 0.25) is 29.0 Å². The monoisotopic (exact) mass is 467 g/mol. The lowest BCUT2D eigenvalue weighted by molar-refractivity contribution is -0.127. The molecule has 3 aliphatic rings. The molecule has 3 aromatic rings. The molecule has 0 N–H and O–H groups in total. The topological polar surface area (TPSA) is 90.0 Å². The van der Waals surface area contributed by atoms with E-state index in [-0.39, 0.29) is 11.1 Å². The summed E-state index contributed by atoms with van der Waals surface area (Å²) in [6.45, 7) is 1.93. The minimum absolute atomic E-state index is 0.212. The molecule has 2 saturated heterocycles. The van der Waals surface area contributed by atoms with Gasteiger partial charge in [0.25, 0.3) is 0 Å². The Hall–Kier alpha value is -4.10. The smallest absolute Gasteiger partial charge is 0.241 e. The highest BCUT2D eigenvalue weighted by molar-refractivity contribution is 6.37. The summed E-state index contributed by atoms with van der Waals surface area (Å²) < 4.78 is 11.5. The number of fused-ring (bicyclic) bond motifs is 3. The van der Waals surface area contributed by atoms with E-state index in [2.05, 4.69) is 0 Å². The molecule has 2 aliphatic heterocycles. The van der Waals surface area contributed by atoms with Crippen LogP contribution >= 0.6 is 0 Å². The SMILES string of the molecule is COc1ccc(N2C(=O)C3C(c4ccc(C)cc4)OC4(C(=O)c5ccccc5C4=O)C3C2=O)cc1. The fourth-order valence-corrected chi connectivity index (χ4v) is 5.56. The van der Waals surface area contributed by atoms with E-state index < -0.39 is 46.9 Å². The number of hydrogen-bond acceptors (Lipinski definition) is 6. The van der Waals surface area contributed by atoms with E-state index in [1.165, 1.54) is 7.11 Å².